The first-order valence-electron chi connectivity index (χ1n) is 5.48. The van der Waals surface area contributed by atoms with E-state index in [9.17, 15) is 10.1 Å². The van der Waals surface area contributed by atoms with Gasteiger partial charge in [0.15, 0.2) is 0 Å². The normalized spacial score (nSPS) is 14.4. The monoisotopic (exact) mass is 301 g/mol. The van der Waals surface area contributed by atoms with Crippen molar-refractivity contribution in [1.29, 1.82) is 0 Å². The second-order valence-corrected chi connectivity index (χ2v) is 4.82. The fourth-order valence-corrected chi connectivity index (χ4v) is 2.25. The molecule has 0 saturated carbocycles. The minimum Gasteiger partial charge on any atom is -0.316 e. The zero-order chi connectivity index (χ0) is 13.0. The predicted octanol–water partition coefficient (Wildman–Crippen LogP) is 2.85. The summed E-state index contributed by atoms with van der Waals surface area (Å²) >= 11 is 3.20. The topological polar surface area (TPSA) is 68.1 Å². The lowest BCUT2D eigenvalue weighted by molar-refractivity contribution is -0.386. The molecule has 0 radical (unpaired) electrons. The average molecular weight is 302 g/mol. The number of nitrogens with one attached hydrogen (secondary N) is 1. The van der Waals surface area contributed by atoms with Gasteiger partial charge >= 0.3 is 0 Å². The van der Waals surface area contributed by atoms with Crippen molar-refractivity contribution in [3.63, 3.8) is 0 Å². The molecule has 0 spiro atoms. The molecule has 0 bridgehead atoms. The summed E-state index contributed by atoms with van der Waals surface area (Å²) in [6.07, 6.45) is 2.49. The summed E-state index contributed by atoms with van der Waals surface area (Å²) in [5, 5.41) is 14.2. The Hall–Kier alpha value is -1.01. The highest BCUT2D eigenvalue weighted by atomic mass is 79.9. The van der Waals surface area contributed by atoms with Crippen LogP contribution >= 0.6 is 15.9 Å². The van der Waals surface area contributed by atoms with E-state index in [0.29, 0.717) is 10.2 Å². The van der Waals surface area contributed by atoms with Gasteiger partial charge in [-0.15, -0.1) is 0 Å². The maximum Gasteiger partial charge on any atom is 0.292 e. The zero-order valence-electron chi connectivity index (χ0n) is 10.1. The summed E-state index contributed by atoms with van der Waals surface area (Å²) in [6, 6.07) is 1.68. The fourth-order valence-electron chi connectivity index (χ4n) is 1.93. The van der Waals surface area contributed by atoms with Gasteiger partial charge in [0.2, 0.25) is 0 Å². The van der Waals surface area contributed by atoms with Crippen LogP contribution in [0.1, 0.15) is 31.9 Å². The molecule has 0 amide bonds. The number of nitrogens with zero attached hydrogens (tertiary/aromatic N) is 2. The Balaban J connectivity index is 3.16. The molecule has 94 valence electrons. The molecule has 0 aliphatic rings. The smallest absolute Gasteiger partial charge is 0.292 e. The number of rotatable bonds is 5. The van der Waals surface area contributed by atoms with Crippen LogP contribution < -0.4 is 5.32 Å². The lowest BCUT2D eigenvalue weighted by atomic mass is 9.95. The van der Waals surface area contributed by atoms with E-state index in [1.807, 2.05) is 20.9 Å². The number of hydrogen-bond donors (Lipinski definition) is 1. The molecule has 1 rings (SSSR count). The van der Waals surface area contributed by atoms with Gasteiger partial charge in [0.1, 0.15) is 5.69 Å². The highest BCUT2D eigenvalue weighted by Gasteiger charge is 2.25. The number of nitro groups is 1. The first kappa shape index (κ1) is 14.1. The van der Waals surface area contributed by atoms with Crippen LogP contribution in [0.5, 0.6) is 0 Å². The van der Waals surface area contributed by atoms with E-state index in [1.54, 1.807) is 6.20 Å². The van der Waals surface area contributed by atoms with E-state index in [1.165, 1.54) is 6.07 Å². The number of halogens is 1. The largest absolute Gasteiger partial charge is 0.316 e. The van der Waals surface area contributed by atoms with Gasteiger partial charge in [-0.2, -0.15) is 0 Å². The minimum absolute atomic E-state index is 0.00139. The van der Waals surface area contributed by atoms with Crippen molar-refractivity contribution in [3.8, 4) is 0 Å². The third kappa shape index (κ3) is 3.23. The van der Waals surface area contributed by atoms with Gasteiger partial charge in [-0.3, -0.25) is 15.1 Å². The van der Waals surface area contributed by atoms with Crippen molar-refractivity contribution in [2.45, 2.75) is 32.2 Å². The highest BCUT2D eigenvalue weighted by molar-refractivity contribution is 9.10. The summed E-state index contributed by atoms with van der Waals surface area (Å²) in [6.45, 7) is 4.00. The maximum atomic E-state index is 11.0. The zero-order valence-corrected chi connectivity index (χ0v) is 11.7. The van der Waals surface area contributed by atoms with E-state index >= 15 is 0 Å². The SMILES string of the molecule is CCC(NC)C(C)c1ncc(Br)cc1[N+](=O)[O-]. The van der Waals surface area contributed by atoms with E-state index in [0.717, 1.165) is 6.42 Å². The fraction of sp³-hybridized carbons (Fsp3) is 0.545. The molecule has 1 heterocycles. The van der Waals surface area contributed by atoms with Crippen LogP contribution in [-0.2, 0) is 0 Å². The van der Waals surface area contributed by atoms with Crippen LogP contribution in [-0.4, -0.2) is 23.0 Å². The molecular weight excluding hydrogens is 286 g/mol. The van der Waals surface area contributed by atoms with E-state index in [2.05, 4.69) is 26.2 Å². The summed E-state index contributed by atoms with van der Waals surface area (Å²) in [7, 11) is 1.86. The summed E-state index contributed by atoms with van der Waals surface area (Å²) in [5.74, 6) is -0.00139. The predicted molar refractivity (Wildman–Crippen MR) is 70.1 cm³/mol. The lowest BCUT2D eigenvalue weighted by Crippen LogP contribution is -2.30. The van der Waals surface area contributed by atoms with Crippen LogP contribution in [0, 0.1) is 10.1 Å². The van der Waals surface area contributed by atoms with E-state index in [4.69, 9.17) is 0 Å². The number of hydrogen-bond acceptors (Lipinski definition) is 4. The third-order valence-corrected chi connectivity index (χ3v) is 3.34. The van der Waals surface area contributed by atoms with Crippen LogP contribution in [0.25, 0.3) is 0 Å². The van der Waals surface area contributed by atoms with Gasteiger partial charge in [0.25, 0.3) is 5.69 Å². The molecule has 2 unspecified atom stereocenters. The van der Waals surface area contributed by atoms with Gasteiger partial charge in [0.05, 0.1) is 4.92 Å². The standard InChI is InChI=1S/C11H16BrN3O2/c1-4-9(13-3)7(2)11-10(15(16)17)5-8(12)6-14-11/h5-7,9,13H,4H2,1-3H3. The molecular formula is C11H16BrN3O2. The average Bonchev–Trinajstić information content (AvgIpc) is 2.30. The van der Waals surface area contributed by atoms with Crippen molar-refractivity contribution in [2.24, 2.45) is 0 Å². The molecule has 5 nitrogen and oxygen atoms in total. The van der Waals surface area contributed by atoms with Gasteiger partial charge in [0, 0.05) is 28.7 Å². The summed E-state index contributed by atoms with van der Waals surface area (Å²) in [5.41, 5.74) is 0.597. The van der Waals surface area contributed by atoms with E-state index < -0.39 is 0 Å². The second kappa shape index (κ2) is 6.07. The number of pyridine rings is 1. The maximum absolute atomic E-state index is 11.0. The Kier molecular flexibility index (Phi) is 5.02. The van der Waals surface area contributed by atoms with Crippen LogP contribution in [0.2, 0.25) is 0 Å². The lowest BCUT2D eigenvalue weighted by Gasteiger charge is -2.21. The van der Waals surface area contributed by atoms with Crippen LogP contribution in [0.15, 0.2) is 16.7 Å². The van der Waals surface area contributed by atoms with Crippen molar-refractivity contribution < 1.29 is 4.92 Å². The molecule has 1 aromatic heterocycles. The molecule has 1 N–H and O–H groups in total. The van der Waals surface area contributed by atoms with Crippen molar-refractivity contribution in [2.75, 3.05) is 7.05 Å². The second-order valence-electron chi connectivity index (χ2n) is 3.91. The quantitative estimate of drug-likeness (QED) is 0.671. The van der Waals surface area contributed by atoms with Crippen LogP contribution in [0.3, 0.4) is 0 Å². The van der Waals surface area contributed by atoms with Gasteiger partial charge in [-0.05, 0) is 29.4 Å². The summed E-state index contributed by atoms with van der Waals surface area (Å²) < 4.78 is 0.623. The summed E-state index contributed by atoms with van der Waals surface area (Å²) in [4.78, 5) is 14.8. The molecule has 1 aromatic rings. The first-order valence-corrected chi connectivity index (χ1v) is 6.27. The molecule has 0 aliphatic carbocycles. The molecule has 0 aromatic carbocycles. The third-order valence-electron chi connectivity index (χ3n) is 2.91. The van der Waals surface area contributed by atoms with Crippen molar-refractivity contribution in [3.05, 3.63) is 32.5 Å². The number of aromatic nitrogens is 1. The number of likely N-dealkylation sites (N-methyl/N-ethyl adjacent to an activating group) is 1. The highest BCUT2D eigenvalue weighted by Crippen LogP contribution is 2.29. The van der Waals surface area contributed by atoms with Crippen molar-refractivity contribution >= 4 is 21.6 Å². The Labute approximate surface area is 109 Å². The Morgan fingerprint density at radius 2 is 2.29 bits per heavy atom. The Morgan fingerprint density at radius 1 is 1.65 bits per heavy atom. The Morgan fingerprint density at radius 3 is 2.76 bits per heavy atom. The molecule has 2 atom stereocenters. The molecule has 17 heavy (non-hydrogen) atoms. The van der Waals surface area contributed by atoms with Gasteiger partial charge in [-0.1, -0.05) is 13.8 Å². The van der Waals surface area contributed by atoms with Crippen LogP contribution in [0.4, 0.5) is 5.69 Å². The van der Waals surface area contributed by atoms with E-state index in [-0.39, 0.29) is 22.6 Å². The minimum atomic E-state index is -0.383. The van der Waals surface area contributed by atoms with Gasteiger partial charge < -0.3 is 5.32 Å². The molecule has 0 fully saturated rings. The van der Waals surface area contributed by atoms with Crippen molar-refractivity contribution in [1.82, 2.24) is 10.3 Å². The molecule has 0 saturated heterocycles. The first-order chi connectivity index (χ1) is 8.01. The molecule has 6 heteroatoms. The van der Waals surface area contributed by atoms with Gasteiger partial charge in [-0.25, -0.2) is 0 Å². The Bertz CT molecular complexity index is 408. The molecule has 0 aliphatic heterocycles.